The molecule has 1 saturated heterocycles. The first-order valence-electron chi connectivity index (χ1n) is 12.0. The summed E-state index contributed by atoms with van der Waals surface area (Å²) in [7, 11) is -3.25. The van der Waals surface area contributed by atoms with Gasteiger partial charge in [-0.15, -0.1) is 0 Å². The van der Waals surface area contributed by atoms with Crippen LogP contribution in [0.4, 0.5) is 5.95 Å². The van der Waals surface area contributed by atoms with Gasteiger partial charge in [-0.25, -0.2) is 17.7 Å². The van der Waals surface area contributed by atoms with Gasteiger partial charge in [0.25, 0.3) is 0 Å². The molecule has 0 saturated carbocycles. The van der Waals surface area contributed by atoms with Crippen LogP contribution in [0.1, 0.15) is 29.6 Å². The van der Waals surface area contributed by atoms with Crippen molar-refractivity contribution in [1.82, 2.24) is 24.0 Å². The minimum atomic E-state index is -3.25. The summed E-state index contributed by atoms with van der Waals surface area (Å²) >= 11 is 0. The molecule has 6 rings (SSSR count). The van der Waals surface area contributed by atoms with Crippen molar-refractivity contribution in [3.05, 3.63) is 53.7 Å². The molecule has 2 aliphatic rings. The molecule has 10 nitrogen and oxygen atoms in total. The molecular weight excluding hydrogens is 480 g/mol. The summed E-state index contributed by atoms with van der Waals surface area (Å²) in [4.78, 5) is 11.9. The molecule has 1 aromatic carbocycles. The molecule has 0 N–H and O–H groups in total. The fourth-order valence-corrected chi connectivity index (χ4v) is 6.20. The highest BCUT2D eigenvalue weighted by atomic mass is 32.2. The number of hydrogen-bond acceptors (Lipinski definition) is 8. The SMILES string of the molecule is Cc1noc(C)c1-c1ccc2nc(N3CCCN(S(C)(=O)=O)CC3)n3c2c1OCC3c1ccccn1. The third-order valence-electron chi connectivity index (χ3n) is 7.02. The van der Waals surface area contributed by atoms with Crippen LogP contribution in [-0.4, -0.2) is 71.5 Å². The van der Waals surface area contributed by atoms with E-state index in [1.165, 1.54) is 6.26 Å². The predicted molar refractivity (Wildman–Crippen MR) is 136 cm³/mol. The molecule has 4 aromatic rings. The molecule has 0 amide bonds. The smallest absolute Gasteiger partial charge is 0.211 e. The first kappa shape index (κ1) is 23.0. The lowest BCUT2D eigenvalue weighted by Crippen LogP contribution is -2.36. The summed E-state index contributed by atoms with van der Waals surface area (Å²) < 4.78 is 40.0. The number of hydrogen-bond donors (Lipinski definition) is 0. The molecule has 11 heteroatoms. The Bertz CT molecular complexity index is 1530. The van der Waals surface area contributed by atoms with E-state index in [0.717, 1.165) is 57.4 Å². The normalized spacial score (nSPS) is 18.9. The molecule has 3 aromatic heterocycles. The second-order valence-electron chi connectivity index (χ2n) is 9.38. The van der Waals surface area contributed by atoms with E-state index in [1.807, 2.05) is 44.2 Å². The molecular formula is C25H28N6O4S. The van der Waals surface area contributed by atoms with E-state index in [9.17, 15) is 8.42 Å². The first-order chi connectivity index (χ1) is 17.3. The Labute approximate surface area is 209 Å². The summed E-state index contributed by atoms with van der Waals surface area (Å²) in [5, 5.41) is 4.14. The predicted octanol–water partition coefficient (Wildman–Crippen LogP) is 3.16. The second-order valence-corrected chi connectivity index (χ2v) is 11.4. The van der Waals surface area contributed by atoms with Crippen molar-refractivity contribution in [3.63, 3.8) is 0 Å². The van der Waals surface area contributed by atoms with Crippen LogP contribution >= 0.6 is 0 Å². The molecule has 2 aliphatic heterocycles. The zero-order valence-corrected chi connectivity index (χ0v) is 21.3. The summed E-state index contributed by atoms with van der Waals surface area (Å²) in [5.41, 5.74) is 5.26. The highest BCUT2D eigenvalue weighted by molar-refractivity contribution is 7.88. The Kier molecular flexibility index (Phi) is 5.49. The lowest BCUT2D eigenvalue weighted by Gasteiger charge is -2.31. The van der Waals surface area contributed by atoms with Crippen LogP contribution in [0.2, 0.25) is 0 Å². The van der Waals surface area contributed by atoms with Gasteiger partial charge in [-0.3, -0.25) is 9.55 Å². The van der Waals surface area contributed by atoms with E-state index in [2.05, 4.69) is 19.6 Å². The summed E-state index contributed by atoms with van der Waals surface area (Å²) in [5.74, 6) is 2.29. The highest BCUT2D eigenvalue weighted by Crippen LogP contribution is 2.45. The maximum atomic E-state index is 12.2. The van der Waals surface area contributed by atoms with Crippen molar-refractivity contribution in [2.24, 2.45) is 0 Å². The van der Waals surface area contributed by atoms with Crippen molar-refractivity contribution in [2.45, 2.75) is 26.3 Å². The fraction of sp³-hybridized carbons (Fsp3) is 0.400. The monoisotopic (exact) mass is 508 g/mol. The number of nitrogens with zero attached hydrogens (tertiary/aromatic N) is 6. The molecule has 1 unspecified atom stereocenters. The van der Waals surface area contributed by atoms with Crippen LogP contribution in [0.5, 0.6) is 5.75 Å². The Hall–Kier alpha value is -3.44. The number of imidazole rings is 1. The zero-order valence-electron chi connectivity index (χ0n) is 20.5. The molecule has 188 valence electrons. The maximum Gasteiger partial charge on any atom is 0.211 e. The number of aryl methyl sites for hydroxylation is 2. The summed E-state index contributed by atoms with van der Waals surface area (Å²) in [6.45, 7) is 6.41. The average molecular weight is 509 g/mol. The molecule has 1 fully saturated rings. The van der Waals surface area contributed by atoms with Crippen LogP contribution in [0.25, 0.3) is 22.2 Å². The minimum absolute atomic E-state index is 0.173. The standard InChI is InChI=1S/C25H28N6O4S/c1-16-22(17(2)35-28-16)18-8-9-20-23-24(18)34-15-21(19-7-4-5-10-26-19)31(23)25(27-20)29-11-6-12-30(14-13-29)36(3,32)33/h4-5,7-10,21H,6,11-15H2,1-3H3. The minimum Gasteiger partial charge on any atom is -0.488 e. The van der Waals surface area contributed by atoms with Crippen molar-refractivity contribution >= 4 is 27.0 Å². The number of pyridine rings is 1. The van der Waals surface area contributed by atoms with E-state index in [-0.39, 0.29) is 6.04 Å². The largest absolute Gasteiger partial charge is 0.488 e. The summed E-state index contributed by atoms with van der Waals surface area (Å²) in [6.07, 6.45) is 3.78. The molecule has 0 aliphatic carbocycles. The molecule has 0 spiro atoms. The number of anilines is 1. The van der Waals surface area contributed by atoms with Gasteiger partial charge in [0.1, 0.15) is 23.9 Å². The Morgan fingerprint density at radius 2 is 1.92 bits per heavy atom. The number of ether oxygens (including phenoxy) is 1. The van der Waals surface area contributed by atoms with Crippen molar-refractivity contribution in [3.8, 4) is 16.9 Å². The highest BCUT2D eigenvalue weighted by Gasteiger charge is 2.34. The average Bonchev–Trinajstić information content (AvgIpc) is 3.29. The van der Waals surface area contributed by atoms with E-state index < -0.39 is 10.0 Å². The lowest BCUT2D eigenvalue weighted by atomic mass is 10.0. The van der Waals surface area contributed by atoms with Crippen LogP contribution in [-0.2, 0) is 10.0 Å². The third-order valence-corrected chi connectivity index (χ3v) is 8.33. The maximum absolute atomic E-state index is 12.2. The van der Waals surface area contributed by atoms with Gasteiger partial charge in [-0.2, -0.15) is 0 Å². The van der Waals surface area contributed by atoms with Gasteiger partial charge in [0.05, 0.1) is 28.7 Å². The van der Waals surface area contributed by atoms with Crippen molar-refractivity contribution < 1.29 is 17.7 Å². The van der Waals surface area contributed by atoms with E-state index in [4.69, 9.17) is 14.2 Å². The third kappa shape index (κ3) is 3.73. The fourth-order valence-electron chi connectivity index (χ4n) is 5.33. The molecule has 36 heavy (non-hydrogen) atoms. The van der Waals surface area contributed by atoms with E-state index in [0.29, 0.717) is 32.8 Å². The van der Waals surface area contributed by atoms with Gasteiger partial charge in [0.15, 0.2) is 5.75 Å². The quantitative estimate of drug-likeness (QED) is 0.414. The van der Waals surface area contributed by atoms with Gasteiger partial charge in [0.2, 0.25) is 16.0 Å². The van der Waals surface area contributed by atoms with Crippen molar-refractivity contribution in [2.75, 3.05) is 43.9 Å². The molecule has 5 heterocycles. The number of rotatable bonds is 4. The summed E-state index contributed by atoms with van der Waals surface area (Å²) in [6, 6.07) is 9.72. The molecule has 0 bridgehead atoms. The number of aromatic nitrogens is 4. The Balaban J connectivity index is 1.53. The van der Waals surface area contributed by atoms with Gasteiger partial charge in [0, 0.05) is 37.9 Å². The number of benzene rings is 1. The zero-order chi connectivity index (χ0) is 25.0. The second kappa shape index (κ2) is 8.59. The Morgan fingerprint density at radius 1 is 1.06 bits per heavy atom. The topological polar surface area (TPSA) is 107 Å². The Morgan fingerprint density at radius 3 is 2.64 bits per heavy atom. The first-order valence-corrected chi connectivity index (χ1v) is 13.9. The van der Waals surface area contributed by atoms with Crippen LogP contribution in [0, 0.1) is 13.8 Å². The van der Waals surface area contributed by atoms with E-state index in [1.54, 1.807) is 10.5 Å². The van der Waals surface area contributed by atoms with Crippen molar-refractivity contribution in [1.29, 1.82) is 0 Å². The lowest BCUT2D eigenvalue weighted by molar-refractivity contribution is 0.257. The van der Waals surface area contributed by atoms with E-state index >= 15 is 0 Å². The van der Waals surface area contributed by atoms with Crippen LogP contribution in [0.3, 0.4) is 0 Å². The van der Waals surface area contributed by atoms with Gasteiger partial charge >= 0.3 is 0 Å². The van der Waals surface area contributed by atoms with Crippen LogP contribution < -0.4 is 9.64 Å². The van der Waals surface area contributed by atoms with Gasteiger partial charge in [-0.05, 0) is 44.5 Å². The molecule has 0 radical (unpaired) electrons. The molecule has 1 atom stereocenters. The van der Waals surface area contributed by atoms with Gasteiger partial charge in [-0.1, -0.05) is 11.2 Å². The van der Waals surface area contributed by atoms with Gasteiger partial charge < -0.3 is 14.2 Å². The number of sulfonamides is 1. The van der Waals surface area contributed by atoms with Crippen LogP contribution in [0.15, 0.2) is 41.1 Å².